The van der Waals surface area contributed by atoms with Crippen LogP contribution in [0.5, 0.6) is 5.75 Å². The largest absolute Gasteiger partial charge is 0.496 e. The van der Waals surface area contributed by atoms with E-state index in [4.69, 9.17) is 20.7 Å². The zero-order valence-electron chi connectivity index (χ0n) is 17.4. The van der Waals surface area contributed by atoms with Gasteiger partial charge in [-0.3, -0.25) is 9.59 Å². The molecule has 3 N–H and O–H groups in total. The van der Waals surface area contributed by atoms with Crippen molar-refractivity contribution in [1.29, 1.82) is 0 Å². The molecule has 1 aromatic carbocycles. The Kier molecular flexibility index (Phi) is 7.06. The molecule has 1 aromatic heterocycles. The maximum absolute atomic E-state index is 12.0. The number of rotatable bonds is 8. The van der Waals surface area contributed by atoms with Crippen molar-refractivity contribution in [3.05, 3.63) is 28.1 Å². The highest BCUT2D eigenvalue weighted by molar-refractivity contribution is 6.03. The smallest absolute Gasteiger partial charge is 0.252 e. The lowest BCUT2D eigenvalue weighted by atomic mass is 10.1. The third kappa shape index (κ3) is 5.11. The molecular weight excluding hydrogens is 404 g/mol. The van der Waals surface area contributed by atoms with Gasteiger partial charge >= 0.3 is 0 Å². The number of nitrogens with two attached hydrogens (primary N) is 1. The summed E-state index contributed by atoms with van der Waals surface area (Å²) in [7, 11) is 3.22. The Balaban J connectivity index is 1.70. The van der Waals surface area contributed by atoms with E-state index < -0.39 is 5.91 Å². The van der Waals surface area contributed by atoms with Gasteiger partial charge in [-0.15, -0.1) is 0 Å². The molecule has 2 heterocycles. The summed E-state index contributed by atoms with van der Waals surface area (Å²) in [5, 5.41) is 6.42. The standard InChI is InChI=1S/C19H24N8O4/c1-27(7-4-6-22-18(29)14-5-3-8-31-14)19-23-13-10-15(30-2)12(17(28)25-26-21)9-11(13)16(20)24-19/h9-10,14H,3-8H2,1-2H3,(H,22,29)(H2,20,23,24). The summed E-state index contributed by atoms with van der Waals surface area (Å²) in [6.07, 6.45) is 2.01. The van der Waals surface area contributed by atoms with Crippen molar-refractivity contribution >= 4 is 34.5 Å². The number of anilines is 2. The molecule has 0 bridgehead atoms. The highest BCUT2D eigenvalue weighted by Crippen LogP contribution is 2.29. The monoisotopic (exact) mass is 428 g/mol. The van der Waals surface area contributed by atoms with Crippen molar-refractivity contribution in [1.82, 2.24) is 15.3 Å². The molecule has 1 fully saturated rings. The van der Waals surface area contributed by atoms with Gasteiger partial charge in [0.15, 0.2) is 0 Å². The van der Waals surface area contributed by atoms with E-state index in [0.29, 0.717) is 43.0 Å². The Morgan fingerprint density at radius 1 is 1.45 bits per heavy atom. The van der Waals surface area contributed by atoms with E-state index in [1.807, 2.05) is 11.9 Å². The van der Waals surface area contributed by atoms with Gasteiger partial charge in [0.2, 0.25) is 11.9 Å². The van der Waals surface area contributed by atoms with Crippen LogP contribution in [-0.4, -0.2) is 61.7 Å². The van der Waals surface area contributed by atoms with Crippen LogP contribution < -0.4 is 20.7 Å². The van der Waals surface area contributed by atoms with Crippen LogP contribution in [0, 0.1) is 0 Å². The average molecular weight is 428 g/mol. The van der Waals surface area contributed by atoms with Gasteiger partial charge in [0, 0.05) is 43.1 Å². The number of hydrogen-bond donors (Lipinski definition) is 2. The molecule has 31 heavy (non-hydrogen) atoms. The number of amides is 2. The maximum atomic E-state index is 12.0. The first kappa shape index (κ1) is 22.1. The number of nitrogen functional groups attached to an aromatic ring is 1. The van der Waals surface area contributed by atoms with Gasteiger partial charge in [-0.05, 0) is 36.0 Å². The molecular formula is C19H24N8O4. The van der Waals surface area contributed by atoms with Gasteiger partial charge in [0.25, 0.3) is 5.91 Å². The van der Waals surface area contributed by atoms with Crippen molar-refractivity contribution < 1.29 is 19.1 Å². The van der Waals surface area contributed by atoms with Crippen LogP contribution in [0.15, 0.2) is 17.2 Å². The van der Waals surface area contributed by atoms with E-state index in [9.17, 15) is 9.59 Å². The van der Waals surface area contributed by atoms with Gasteiger partial charge in [0.05, 0.1) is 18.2 Å². The molecule has 1 aliphatic heterocycles. The Morgan fingerprint density at radius 2 is 2.26 bits per heavy atom. The Morgan fingerprint density at radius 3 is 2.94 bits per heavy atom. The van der Waals surface area contributed by atoms with Crippen LogP contribution in [0.2, 0.25) is 0 Å². The van der Waals surface area contributed by atoms with Crippen molar-refractivity contribution in [2.75, 3.05) is 44.5 Å². The normalized spacial score (nSPS) is 15.4. The number of carbonyl (C=O) groups excluding carboxylic acids is 2. The van der Waals surface area contributed by atoms with Crippen LogP contribution in [0.25, 0.3) is 21.3 Å². The number of aromatic nitrogens is 2. The molecule has 1 unspecified atom stereocenters. The van der Waals surface area contributed by atoms with Crippen LogP contribution in [0.4, 0.5) is 11.8 Å². The first-order valence-corrected chi connectivity index (χ1v) is 9.79. The minimum Gasteiger partial charge on any atom is -0.496 e. The second-order valence-corrected chi connectivity index (χ2v) is 7.04. The van der Waals surface area contributed by atoms with Gasteiger partial charge < -0.3 is 25.4 Å². The predicted octanol–water partition coefficient (Wildman–Crippen LogP) is 1.79. The molecule has 0 aliphatic carbocycles. The fraction of sp³-hybridized carbons (Fsp3) is 0.474. The van der Waals surface area contributed by atoms with Crippen LogP contribution in [-0.2, 0) is 9.53 Å². The number of carbonyl (C=O) groups is 2. The van der Waals surface area contributed by atoms with E-state index in [1.54, 1.807) is 6.07 Å². The van der Waals surface area contributed by atoms with Crippen LogP contribution in [0.1, 0.15) is 29.6 Å². The predicted molar refractivity (Wildman–Crippen MR) is 114 cm³/mol. The SMILES string of the molecule is COc1cc2nc(N(C)CCCNC(=O)C3CCCO3)nc(N)c2cc1C(=O)N=[N+]=[N-]. The van der Waals surface area contributed by atoms with Crippen LogP contribution in [0.3, 0.4) is 0 Å². The second-order valence-electron chi connectivity index (χ2n) is 7.04. The molecule has 0 spiro atoms. The number of ether oxygens (including phenoxy) is 2. The van der Waals surface area contributed by atoms with Crippen LogP contribution >= 0.6 is 0 Å². The number of hydrogen-bond acceptors (Lipinski definition) is 8. The topological polar surface area (TPSA) is 168 Å². The van der Waals surface area contributed by atoms with Crippen molar-refractivity contribution in [3.8, 4) is 5.75 Å². The maximum Gasteiger partial charge on any atom is 0.252 e. The lowest BCUT2D eigenvalue weighted by Crippen LogP contribution is -2.36. The molecule has 12 heteroatoms. The Labute approximate surface area is 178 Å². The number of nitrogens with one attached hydrogen (secondary N) is 1. The summed E-state index contributed by atoms with van der Waals surface area (Å²) in [5.41, 5.74) is 15.2. The van der Waals surface area contributed by atoms with Gasteiger partial charge in [0.1, 0.15) is 17.7 Å². The van der Waals surface area contributed by atoms with Crippen molar-refractivity contribution in [3.63, 3.8) is 0 Å². The fourth-order valence-electron chi connectivity index (χ4n) is 3.29. The Hall–Kier alpha value is -3.63. The molecule has 1 saturated heterocycles. The summed E-state index contributed by atoms with van der Waals surface area (Å²) < 4.78 is 10.6. The molecule has 1 aliphatic rings. The minimum absolute atomic E-state index is 0.0752. The van der Waals surface area contributed by atoms with Crippen molar-refractivity contribution in [2.24, 2.45) is 5.11 Å². The minimum atomic E-state index is -0.785. The number of methoxy groups -OCH3 is 1. The zero-order valence-corrected chi connectivity index (χ0v) is 17.4. The average Bonchev–Trinajstić information content (AvgIpc) is 3.30. The zero-order chi connectivity index (χ0) is 22.4. The van der Waals surface area contributed by atoms with Gasteiger partial charge in [-0.25, -0.2) is 4.98 Å². The number of azide groups is 1. The third-order valence-electron chi connectivity index (χ3n) is 4.93. The molecule has 0 radical (unpaired) electrons. The van der Waals surface area contributed by atoms with E-state index in [1.165, 1.54) is 13.2 Å². The molecule has 1 atom stereocenters. The van der Waals surface area contributed by atoms with E-state index in [-0.39, 0.29) is 29.1 Å². The van der Waals surface area contributed by atoms with Gasteiger partial charge in [-0.1, -0.05) is 0 Å². The number of fused-ring (bicyclic) bond motifs is 1. The van der Waals surface area contributed by atoms with Crippen molar-refractivity contribution in [2.45, 2.75) is 25.4 Å². The Bertz CT molecular complexity index is 1030. The number of nitrogens with zero attached hydrogens (tertiary/aromatic N) is 6. The fourth-order valence-corrected chi connectivity index (χ4v) is 3.29. The lowest BCUT2D eigenvalue weighted by Gasteiger charge is -2.19. The number of benzene rings is 1. The molecule has 12 nitrogen and oxygen atoms in total. The highest BCUT2D eigenvalue weighted by atomic mass is 16.5. The molecule has 3 rings (SSSR count). The highest BCUT2D eigenvalue weighted by Gasteiger charge is 2.23. The molecule has 2 amide bonds. The summed E-state index contributed by atoms with van der Waals surface area (Å²) in [6.45, 7) is 1.72. The molecule has 0 saturated carbocycles. The molecule has 2 aromatic rings. The van der Waals surface area contributed by atoms with E-state index in [0.717, 1.165) is 12.8 Å². The summed E-state index contributed by atoms with van der Waals surface area (Å²) in [6, 6.07) is 3.00. The van der Waals surface area contributed by atoms with E-state index in [2.05, 4.69) is 25.3 Å². The van der Waals surface area contributed by atoms with E-state index >= 15 is 0 Å². The summed E-state index contributed by atoms with van der Waals surface area (Å²) >= 11 is 0. The summed E-state index contributed by atoms with van der Waals surface area (Å²) in [4.78, 5) is 37.1. The lowest BCUT2D eigenvalue weighted by molar-refractivity contribution is -0.130. The first-order valence-electron chi connectivity index (χ1n) is 9.79. The van der Waals surface area contributed by atoms with Gasteiger partial charge in [-0.2, -0.15) is 4.98 Å². The summed E-state index contributed by atoms with van der Waals surface area (Å²) in [5.74, 6) is -0.0762. The third-order valence-corrected chi connectivity index (χ3v) is 4.93. The molecule has 164 valence electrons. The quantitative estimate of drug-likeness (QED) is 0.277. The first-order chi connectivity index (χ1) is 14.9. The second kappa shape index (κ2) is 9.92.